The number of carbonyl (C=O) groups excluding carboxylic acids is 2. The molecule has 0 spiro atoms. The Morgan fingerprint density at radius 3 is 2.62 bits per heavy atom. The van der Waals surface area contributed by atoms with Crippen molar-refractivity contribution in [2.45, 2.75) is 44.4 Å². The van der Waals surface area contributed by atoms with Crippen molar-refractivity contribution in [2.24, 2.45) is 0 Å². The fraction of sp³-hybridized carbons (Fsp3) is 0.320. The lowest BCUT2D eigenvalue weighted by molar-refractivity contribution is -0.122. The van der Waals surface area contributed by atoms with Crippen LogP contribution in [0.3, 0.4) is 0 Å². The van der Waals surface area contributed by atoms with Gasteiger partial charge in [-0.3, -0.25) is 9.59 Å². The zero-order chi connectivity index (χ0) is 23.9. The van der Waals surface area contributed by atoms with Gasteiger partial charge in [-0.1, -0.05) is 25.5 Å². The highest BCUT2D eigenvalue weighted by molar-refractivity contribution is 7.98. The van der Waals surface area contributed by atoms with E-state index in [1.165, 1.54) is 12.1 Å². The van der Waals surface area contributed by atoms with Gasteiger partial charge in [0.1, 0.15) is 23.9 Å². The number of hydrogen-bond donors (Lipinski definition) is 2. The highest BCUT2D eigenvalue weighted by Gasteiger charge is 2.25. The maximum absolute atomic E-state index is 13.1. The molecule has 1 aliphatic rings. The molecule has 2 amide bonds. The molecular weight excluding hydrogens is 455 g/mol. The smallest absolute Gasteiger partial charge is 0.256 e. The van der Waals surface area contributed by atoms with Gasteiger partial charge in [-0.05, 0) is 48.4 Å². The number of benzene rings is 2. The van der Waals surface area contributed by atoms with Gasteiger partial charge in [0.15, 0.2) is 0 Å². The minimum absolute atomic E-state index is 0.0291. The highest BCUT2D eigenvalue weighted by Crippen LogP contribution is 2.35. The molecule has 1 aliphatic heterocycles. The second-order valence-electron chi connectivity index (χ2n) is 8.01. The number of thioether (sulfide) groups is 1. The number of nitrogens with one attached hydrogen (secondary N) is 2. The normalized spacial score (nSPS) is 12.3. The molecule has 7 nitrogen and oxygen atoms in total. The summed E-state index contributed by atoms with van der Waals surface area (Å²) in [4.78, 5) is 25.5. The highest BCUT2D eigenvalue weighted by atomic mass is 32.2. The van der Waals surface area contributed by atoms with E-state index in [4.69, 9.17) is 4.74 Å². The van der Waals surface area contributed by atoms with Crippen LogP contribution in [0.4, 0.5) is 10.2 Å². The van der Waals surface area contributed by atoms with Gasteiger partial charge in [0, 0.05) is 29.2 Å². The summed E-state index contributed by atoms with van der Waals surface area (Å²) in [6.45, 7) is 3.00. The molecule has 0 saturated carbocycles. The predicted molar refractivity (Wildman–Crippen MR) is 130 cm³/mol. The number of rotatable bonds is 10. The van der Waals surface area contributed by atoms with E-state index in [0.29, 0.717) is 18.0 Å². The maximum atomic E-state index is 13.1. The van der Waals surface area contributed by atoms with Crippen molar-refractivity contribution in [3.8, 4) is 5.75 Å². The van der Waals surface area contributed by atoms with Crippen LogP contribution in [0.25, 0.3) is 0 Å². The molecule has 0 radical (unpaired) electrons. The Morgan fingerprint density at radius 1 is 1.12 bits per heavy atom. The third kappa shape index (κ3) is 5.96. The Bertz CT molecular complexity index is 1150. The summed E-state index contributed by atoms with van der Waals surface area (Å²) < 4.78 is 20.3. The number of anilines is 1. The second-order valence-corrected chi connectivity index (χ2v) is 8.99. The van der Waals surface area contributed by atoms with Crippen molar-refractivity contribution in [2.75, 3.05) is 11.9 Å². The van der Waals surface area contributed by atoms with E-state index in [0.717, 1.165) is 46.9 Å². The first-order chi connectivity index (χ1) is 16.5. The average Bonchev–Trinajstić information content (AvgIpc) is 3.42. The molecule has 2 heterocycles. The number of hydrogen-bond acceptors (Lipinski definition) is 5. The molecule has 4 rings (SSSR count). The van der Waals surface area contributed by atoms with E-state index in [1.54, 1.807) is 52.8 Å². The zero-order valence-electron chi connectivity index (χ0n) is 19.0. The van der Waals surface area contributed by atoms with Gasteiger partial charge >= 0.3 is 0 Å². The first-order valence-corrected chi connectivity index (χ1v) is 12.4. The lowest BCUT2D eigenvalue weighted by Crippen LogP contribution is -2.28. The fourth-order valence-corrected chi connectivity index (χ4v) is 4.57. The molecule has 2 N–H and O–H groups in total. The number of unbranched alkanes of at least 4 members (excludes halogenated alkanes) is 1. The molecule has 178 valence electrons. The minimum Gasteiger partial charge on any atom is -0.494 e. The summed E-state index contributed by atoms with van der Waals surface area (Å²) in [5.41, 5.74) is 3.12. The van der Waals surface area contributed by atoms with Gasteiger partial charge in [-0.25, -0.2) is 9.07 Å². The number of nitrogens with zero attached hydrogens (tertiary/aromatic N) is 2. The SMILES string of the molecule is CCCCOc1ccc(C(=O)Nc2c3c(nn2CC(=O)NCc2ccc(F)cc2)CSC3)cc1. The molecule has 0 saturated heterocycles. The standard InChI is InChI=1S/C25H27FN4O3S/c1-2-3-12-33-20-10-6-18(7-11-20)25(32)28-24-21-15-34-16-22(21)29-30(24)14-23(31)27-13-17-4-8-19(26)9-5-17/h4-11H,2-3,12-16H2,1H3,(H,27,31)(H,28,32). The summed E-state index contributed by atoms with van der Waals surface area (Å²) in [6.07, 6.45) is 2.04. The van der Waals surface area contributed by atoms with Crippen LogP contribution in [-0.4, -0.2) is 28.2 Å². The molecule has 0 fully saturated rings. The third-order valence-corrected chi connectivity index (χ3v) is 6.40. The Labute approximate surface area is 202 Å². The van der Waals surface area contributed by atoms with Crippen molar-refractivity contribution >= 4 is 29.4 Å². The van der Waals surface area contributed by atoms with Crippen LogP contribution in [0.1, 0.15) is 46.9 Å². The molecule has 0 bridgehead atoms. The van der Waals surface area contributed by atoms with Gasteiger partial charge < -0.3 is 15.4 Å². The van der Waals surface area contributed by atoms with Crippen LogP contribution < -0.4 is 15.4 Å². The molecule has 3 aromatic rings. The zero-order valence-corrected chi connectivity index (χ0v) is 19.8. The second kappa shape index (κ2) is 11.2. The summed E-state index contributed by atoms with van der Waals surface area (Å²) in [6, 6.07) is 13.0. The molecule has 0 atom stereocenters. The van der Waals surface area contributed by atoms with Gasteiger partial charge in [-0.15, -0.1) is 0 Å². The van der Waals surface area contributed by atoms with Gasteiger partial charge in [0.2, 0.25) is 5.91 Å². The molecule has 1 aromatic heterocycles. The molecule has 0 unspecified atom stereocenters. The first kappa shape index (κ1) is 23.8. The Morgan fingerprint density at radius 2 is 1.88 bits per heavy atom. The Hall–Kier alpha value is -3.33. The van der Waals surface area contributed by atoms with Crippen molar-refractivity contribution in [1.29, 1.82) is 0 Å². The van der Waals surface area contributed by atoms with E-state index in [1.807, 2.05) is 0 Å². The van der Waals surface area contributed by atoms with E-state index < -0.39 is 0 Å². The lowest BCUT2D eigenvalue weighted by Gasteiger charge is -2.12. The number of amides is 2. The number of carbonyl (C=O) groups is 2. The van der Waals surface area contributed by atoms with Crippen LogP contribution in [0.5, 0.6) is 5.75 Å². The van der Waals surface area contributed by atoms with E-state index in [9.17, 15) is 14.0 Å². The topological polar surface area (TPSA) is 85.2 Å². The summed E-state index contributed by atoms with van der Waals surface area (Å²) in [7, 11) is 0. The van der Waals surface area contributed by atoms with Crippen LogP contribution in [0.2, 0.25) is 0 Å². The van der Waals surface area contributed by atoms with Crippen molar-refractivity contribution in [3.63, 3.8) is 0 Å². The number of halogens is 1. The van der Waals surface area contributed by atoms with Gasteiger partial charge in [0.05, 0.1) is 12.3 Å². The van der Waals surface area contributed by atoms with Crippen molar-refractivity contribution in [1.82, 2.24) is 15.1 Å². The molecule has 2 aromatic carbocycles. The average molecular weight is 483 g/mol. The fourth-order valence-electron chi connectivity index (χ4n) is 3.53. The number of fused-ring (bicyclic) bond motifs is 1. The molecule has 34 heavy (non-hydrogen) atoms. The Kier molecular flexibility index (Phi) is 7.84. The lowest BCUT2D eigenvalue weighted by atomic mass is 10.2. The van der Waals surface area contributed by atoms with Gasteiger partial charge in [0.25, 0.3) is 5.91 Å². The van der Waals surface area contributed by atoms with Gasteiger partial charge in [-0.2, -0.15) is 16.9 Å². The van der Waals surface area contributed by atoms with Crippen LogP contribution in [0.15, 0.2) is 48.5 Å². The van der Waals surface area contributed by atoms with Crippen LogP contribution in [0, 0.1) is 5.82 Å². The third-order valence-electron chi connectivity index (χ3n) is 5.43. The largest absolute Gasteiger partial charge is 0.494 e. The van der Waals surface area contributed by atoms with Crippen LogP contribution in [-0.2, 0) is 29.4 Å². The quantitative estimate of drug-likeness (QED) is 0.415. The summed E-state index contributed by atoms with van der Waals surface area (Å²) in [5, 5.41) is 10.3. The summed E-state index contributed by atoms with van der Waals surface area (Å²) in [5.74, 6) is 1.90. The molecular formula is C25H27FN4O3S. The monoisotopic (exact) mass is 482 g/mol. The van der Waals surface area contributed by atoms with E-state index in [2.05, 4.69) is 22.7 Å². The van der Waals surface area contributed by atoms with Crippen LogP contribution >= 0.6 is 11.8 Å². The number of aromatic nitrogens is 2. The minimum atomic E-state index is -0.321. The maximum Gasteiger partial charge on any atom is 0.256 e. The van der Waals surface area contributed by atoms with Crippen molar-refractivity contribution in [3.05, 3.63) is 76.7 Å². The molecule has 0 aliphatic carbocycles. The summed E-state index contributed by atoms with van der Waals surface area (Å²) >= 11 is 1.72. The first-order valence-electron chi connectivity index (χ1n) is 11.2. The predicted octanol–water partition coefficient (Wildman–Crippen LogP) is 4.52. The van der Waals surface area contributed by atoms with Crippen molar-refractivity contribution < 1.29 is 18.7 Å². The Balaban J connectivity index is 1.41. The van der Waals surface area contributed by atoms with E-state index >= 15 is 0 Å². The number of ether oxygens (including phenoxy) is 1. The molecule has 9 heteroatoms. The van der Waals surface area contributed by atoms with E-state index in [-0.39, 0.29) is 30.7 Å².